The molecule has 0 aliphatic carbocycles. The van der Waals surface area contributed by atoms with Crippen molar-refractivity contribution in [2.75, 3.05) is 45.5 Å². The van der Waals surface area contributed by atoms with Crippen LogP contribution in [0.3, 0.4) is 0 Å². The molecule has 2 saturated heterocycles. The van der Waals surface area contributed by atoms with E-state index in [2.05, 4.69) is 34.4 Å². The molecule has 3 amide bonds. The Balaban J connectivity index is 0.00000242. The summed E-state index contributed by atoms with van der Waals surface area (Å²) >= 11 is 1.97. The lowest BCUT2D eigenvalue weighted by atomic mass is 10.2. The van der Waals surface area contributed by atoms with Crippen LogP contribution in [0.4, 0.5) is 4.79 Å². The number of guanidine groups is 1. The van der Waals surface area contributed by atoms with Gasteiger partial charge in [-0.3, -0.25) is 14.7 Å². The van der Waals surface area contributed by atoms with Crippen molar-refractivity contribution in [3.63, 3.8) is 0 Å². The molecule has 2 aliphatic rings. The Morgan fingerprint density at radius 3 is 2.73 bits per heavy atom. The van der Waals surface area contributed by atoms with Gasteiger partial charge in [0, 0.05) is 43.7 Å². The van der Waals surface area contributed by atoms with Crippen molar-refractivity contribution in [1.29, 1.82) is 0 Å². The maximum atomic E-state index is 11.5. The molecule has 0 saturated carbocycles. The second-order valence-corrected chi connectivity index (χ2v) is 7.51. The molecular weight excluding hydrogens is 417 g/mol. The Bertz CT molecular complexity index is 442. The summed E-state index contributed by atoms with van der Waals surface area (Å²) in [7, 11) is 1.75. The number of nitrogens with one attached hydrogen (secondary N) is 2. The normalized spacial score (nSPS) is 21.5. The molecule has 0 spiro atoms. The Morgan fingerprint density at radius 2 is 2.18 bits per heavy atom. The third-order valence-electron chi connectivity index (χ3n) is 3.49. The number of carbonyl (C=O) groups excluding carboxylic acids is 2. The van der Waals surface area contributed by atoms with E-state index in [9.17, 15) is 9.59 Å². The van der Waals surface area contributed by atoms with E-state index in [1.165, 1.54) is 4.90 Å². The van der Waals surface area contributed by atoms with Crippen LogP contribution in [-0.4, -0.2) is 78.0 Å². The summed E-state index contributed by atoms with van der Waals surface area (Å²) in [4.78, 5) is 30.7. The number of urea groups is 1. The van der Waals surface area contributed by atoms with E-state index in [1.54, 1.807) is 7.05 Å². The van der Waals surface area contributed by atoms with Crippen LogP contribution >= 0.6 is 35.7 Å². The van der Waals surface area contributed by atoms with E-state index < -0.39 is 0 Å². The summed E-state index contributed by atoms with van der Waals surface area (Å²) in [5, 5.41) is 5.75. The first-order chi connectivity index (χ1) is 9.93. The van der Waals surface area contributed by atoms with Crippen LogP contribution in [0.2, 0.25) is 0 Å². The minimum absolute atomic E-state index is 0. The average Bonchev–Trinajstić information content (AvgIpc) is 2.74. The lowest BCUT2D eigenvalue weighted by molar-refractivity contribution is -0.124. The van der Waals surface area contributed by atoms with Crippen molar-refractivity contribution in [2.45, 2.75) is 18.6 Å². The van der Waals surface area contributed by atoms with E-state index in [1.807, 2.05) is 11.8 Å². The summed E-state index contributed by atoms with van der Waals surface area (Å²) in [5.41, 5.74) is 0. The van der Waals surface area contributed by atoms with Gasteiger partial charge >= 0.3 is 6.03 Å². The van der Waals surface area contributed by atoms with Crippen molar-refractivity contribution < 1.29 is 9.59 Å². The highest BCUT2D eigenvalue weighted by atomic mass is 127. The molecule has 22 heavy (non-hydrogen) atoms. The number of imide groups is 1. The van der Waals surface area contributed by atoms with Gasteiger partial charge in [0.2, 0.25) is 5.91 Å². The molecule has 7 nitrogen and oxygen atoms in total. The lowest BCUT2D eigenvalue weighted by Crippen LogP contribution is -2.52. The topological polar surface area (TPSA) is 77.0 Å². The summed E-state index contributed by atoms with van der Waals surface area (Å²) < 4.78 is 0.209. The van der Waals surface area contributed by atoms with E-state index in [0.717, 1.165) is 24.8 Å². The number of nitrogens with zero attached hydrogens (tertiary/aromatic N) is 3. The van der Waals surface area contributed by atoms with Crippen LogP contribution in [0, 0.1) is 0 Å². The number of thioether (sulfide) groups is 1. The van der Waals surface area contributed by atoms with Gasteiger partial charge in [-0.15, -0.1) is 24.0 Å². The number of hydrogen-bond acceptors (Lipinski definition) is 4. The Morgan fingerprint density at radius 1 is 1.45 bits per heavy atom. The third-order valence-corrected chi connectivity index (χ3v) is 4.79. The molecule has 2 aliphatic heterocycles. The molecule has 2 fully saturated rings. The van der Waals surface area contributed by atoms with Crippen LogP contribution in [-0.2, 0) is 4.79 Å². The molecule has 0 aromatic heterocycles. The first-order valence-corrected chi connectivity index (χ1v) is 8.09. The first kappa shape index (κ1) is 19.3. The van der Waals surface area contributed by atoms with Gasteiger partial charge in [0.25, 0.3) is 0 Å². The van der Waals surface area contributed by atoms with Gasteiger partial charge in [-0.1, -0.05) is 0 Å². The molecular formula is C13H24IN5O2S. The van der Waals surface area contributed by atoms with Crippen molar-refractivity contribution in [3.8, 4) is 0 Å². The minimum Gasteiger partial charge on any atom is -0.354 e. The zero-order chi connectivity index (χ0) is 15.5. The molecule has 0 atom stereocenters. The predicted octanol–water partition coefficient (Wildman–Crippen LogP) is 0.559. The van der Waals surface area contributed by atoms with Crippen molar-refractivity contribution >= 4 is 53.6 Å². The number of rotatable bonds is 3. The standard InChI is InChI=1S/C13H23N5O2S.HI/c1-13(2)9-17(6-7-21-13)11(14-3)15-4-5-18-10(19)8-16-12(18)20;/h4-9H2,1-3H3,(H,14,15)(H,16,20);1H. The minimum atomic E-state index is -0.313. The van der Waals surface area contributed by atoms with Crippen molar-refractivity contribution in [2.24, 2.45) is 4.99 Å². The monoisotopic (exact) mass is 441 g/mol. The van der Waals surface area contributed by atoms with Crippen molar-refractivity contribution in [1.82, 2.24) is 20.4 Å². The van der Waals surface area contributed by atoms with Gasteiger partial charge in [-0.2, -0.15) is 11.8 Å². The number of hydrogen-bond donors (Lipinski definition) is 2. The highest BCUT2D eigenvalue weighted by molar-refractivity contribution is 14.0. The number of amides is 3. The molecule has 2 heterocycles. The van der Waals surface area contributed by atoms with Gasteiger partial charge in [-0.05, 0) is 13.8 Å². The molecule has 0 bridgehead atoms. The number of halogens is 1. The molecule has 126 valence electrons. The molecule has 0 aromatic rings. The molecule has 0 unspecified atom stereocenters. The predicted molar refractivity (Wildman–Crippen MR) is 100.0 cm³/mol. The molecule has 0 radical (unpaired) electrons. The van der Waals surface area contributed by atoms with Gasteiger partial charge in [0.15, 0.2) is 5.96 Å². The molecule has 2 N–H and O–H groups in total. The summed E-state index contributed by atoms with van der Waals surface area (Å²) in [6.45, 7) is 7.31. The number of aliphatic imine (C=N–C) groups is 1. The maximum absolute atomic E-state index is 11.5. The van der Waals surface area contributed by atoms with Crippen LogP contribution < -0.4 is 10.6 Å². The fourth-order valence-corrected chi connectivity index (χ4v) is 3.60. The van der Waals surface area contributed by atoms with Gasteiger partial charge in [0.05, 0.1) is 6.54 Å². The summed E-state index contributed by atoms with van der Waals surface area (Å²) in [6, 6.07) is -0.313. The van der Waals surface area contributed by atoms with Gasteiger partial charge in [-0.25, -0.2) is 4.79 Å². The zero-order valence-corrected chi connectivity index (χ0v) is 16.4. The van der Waals surface area contributed by atoms with Crippen LogP contribution in [0.25, 0.3) is 0 Å². The summed E-state index contributed by atoms with van der Waals surface area (Å²) in [5.74, 6) is 1.73. The largest absolute Gasteiger partial charge is 0.354 e. The van der Waals surface area contributed by atoms with Crippen molar-refractivity contribution in [3.05, 3.63) is 0 Å². The molecule has 9 heteroatoms. The summed E-state index contributed by atoms with van der Waals surface area (Å²) in [6.07, 6.45) is 0. The lowest BCUT2D eigenvalue weighted by Gasteiger charge is -2.39. The fourth-order valence-electron chi connectivity index (χ4n) is 2.49. The van der Waals surface area contributed by atoms with E-state index in [-0.39, 0.29) is 47.2 Å². The highest BCUT2D eigenvalue weighted by Gasteiger charge is 2.30. The Kier molecular flexibility index (Phi) is 7.23. The first-order valence-electron chi connectivity index (χ1n) is 7.11. The zero-order valence-electron chi connectivity index (χ0n) is 13.2. The van der Waals surface area contributed by atoms with E-state index in [0.29, 0.717) is 13.1 Å². The Labute approximate surface area is 152 Å². The van der Waals surface area contributed by atoms with Gasteiger partial charge < -0.3 is 15.5 Å². The van der Waals surface area contributed by atoms with E-state index in [4.69, 9.17) is 0 Å². The molecule has 2 rings (SSSR count). The van der Waals surface area contributed by atoms with E-state index >= 15 is 0 Å². The molecule has 0 aromatic carbocycles. The van der Waals surface area contributed by atoms with Crippen LogP contribution in [0.5, 0.6) is 0 Å². The highest BCUT2D eigenvalue weighted by Crippen LogP contribution is 2.29. The quantitative estimate of drug-likeness (QED) is 0.290. The average molecular weight is 441 g/mol. The second kappa shape index (κ2) is 8.23. The van der Waals surface area contributed by atoms with Gasteiger partial charge in [0.1, 0.15) is 0 Å². The smallest absolute Gasteiger partial charge is 0.324 e. The maximum Gasteiger partial charge on any atom is 0.324 e. The fraction of sp³-hybridized carbons (Fsp3) is 0.769. The van der Waals surface area contributed by atoms with Crippen LogP contribution in [0.15, 0.2) is 4.99 Å². The SMILES string of the molecule is CN=C(NCCN1C(=O)CNC1=O)N1CCSC(C)(C)C1.I. The van der Waals surface area contributed by atoms with Crippen LogP contribution in [0.1, 0.15) is 13.8 Å². The Hall–Kier alpha value is -0.710. The number of carbonyl (C=O) groups is 2. The second-order valence-electron chi connectivity index (χ2n) is 5.71. The third kappa shape index (κ3) is 4.90.